The van der Waals surface area contributed by atoms with E-state index in [1.807, 2.05) is 91.0 Å². The van der Waals surface area contributed by atoms with E-state index < -0.39 is 7.29 Å². The lowest BCUT2D eigenvalue weighted by molar-refractivity contribution is 0.525. The van der Waals surface area contributed by atoms with Gasteiger partial charge in [0.05, 0.1) is 6.04 Å². The van der Waals surface area contributed by atoms with Crippen molar-refractivity contribution in [1.82, 2.24) is 5.09 Å². The van der Waals surface area contributed by atoms with Crippen molar-refractivity contribution >= 4 is 17.9 Å². The van der Waals surface area contributed by atoms with Gasteiger partial charge in [-0.1, -0.05) is 80.3 Å². The summed E-state index contributed by atoms with van der Waals surface area (Å²) in [7, 11) is -3.01. The predicted molar refractivity (Wildman–Crippen MR) is 115 cm³/mol. The van der Waals surface area contributed by atoms with Gasteiger partial charge >= 0.3 is 0 Å². The third kappa shape index (κ3) is 4.77. The molecule has 0 unspecified atom stereocenters. The first-order valence-electron chi connectivity index (χ1n) is 9.15. The summed E-state index contributed by atoms with van der Waals surface area (Å²) in [5.74, 6) is 6.73. The monoisotopic (exact) mass is 373 g/mol. The summed E-state index contributed by atoms with van der Waals surface area (Å²) in [5, 5.41) is 5.00. The summed E-state index contributed by atoms with van der Waals surface area (Å²) in [6, 6.07) is 28.9. The van der Waals surface area contributed by atoms with Gasteiger partial charge in [0.25, 0.3) is 0 Å². The zero-order valence-corrected chi connectivity index (χ0v) is 16.6. The lowest BCUT2D eigenvalue weighted by Gasteiger charge is -2.26. The van der Waals surface area contributed by atoms with E-state index in [4.69, 9.17) is 0 Å². The van der Waals surface area contributed by atoms with Crippen molar-refractivity contribution in [3.05, 3.63) is 96.6 Å². The van der Waals surface area contributed by atoms with Crippen molar-refractivity contribution in [3.63, 3.8) is 0 Å². The first kappa shape index (κ1) is 19.2. The lowest BCUT2D eigenvalue weighted by atomic mass is 10.1. The average Bonchev–Trinajstić information content (AvgIpc) is 2.73. The minimum atomic E-state index is -3.01. The van der Waals surface area contributed by atoms with Gasteiger partial charge in [-0.15, -0.1) is 0 Å². The minimum absolute atomic E-state index is 0.198. The highest BCUT2D eigenvalue weighted by Crippen LogP contribution is 2.39. The van der Waals surface area contributed by atoms with E-state index in [0.717, 1.165) is 16.2 Å². The highest BCUT2D eigenvalue weighted by molar-refractivity contribution is 7.76. The molecule has 1 N–H and O–H groups in total. The molecule has 0 heterocycles. The van der Waals surface area contributed by atoms with Gasteiger partial charge in [0, 0.05) is 16.2 Å². The van der Waals surface area contributed by atoms with Crippen molar-refractivity contribution in [2.45, 2.75) is 19.9 Å². The van der Waals surface area contributed by atoms with Gasteiger partial charge in [0.15, 0.2) is 0 Å². The zero-order valence-electron chi connectivity index (χ0n) is 15.7. The Morgan fingerprint density at radius 1 is 0.741 bits per heavy atom. The van der Waals surface area contributed by atoms with Gasteiger partial charge in [-0.25, -0.2) is 5.09 Å². The molecule has 0 aliphatic carbocycles. The lowest BCUT2D eigenvalue weighted by Crippen LogP contribution is -2.37. The first-order valence-corrected chi connectivity index (χ1v) is 10.9. The highest BCUT2D eigenvalue weighted by atomic mass is 31.2. The molecule has 0 saturated heterocycles. The summed E-state index contributed by atoms with van der Waals surface area (Å²) < 4.78 is 14.2. The van der Waals surface area contributed by atoms with Crippen LogP contribution < -0.4 is 15.7 Å². The third-order valence-electron chi connectivity index (χ3n) is 4.37. The molecule has 0 fully saturated rings. The van der Waals surface area contributed by atoms with Crippen molar-refractivity contribution in [2.75, 3.05) is 0 Å². The van der Waals surface area contributed by atoms with Crippen LogP contribution in [-0.4, -0.2) is 6.04 Å². The Labute approximate surface area is 162 Å². The molecule has 0 aromatic heterocycles. The fraction of sp³-hybridized carbons (Fsp3) is 0.167. The van der Waals surface area contributed by atoms with Crippen LogP contribution in [0.2, 0.25) is 0 Å². The van der Waals surface area contributed by atoms with Crippen molar-refractivity contribution in [2.24, 2.45) is 5.92 Å². The molecule has 3 aromatic rings. The summed E-state index contributed by atoms with van der Waals surface area (Å²) in [6.45, 7) is 4.19. The molecule has 0 saturated carbocycles. The Morgan fingerprint density at radius 3 is 1.63 bits per heavy atom. The molecule has 3 aromatic carbocycles. The largest absolute Gasteiger partial charge is 0.296 e. The van der Waals surface area contributed by atoms with Gasteiger partial charge in [-0.3, -0.25) is 4.57 Å². The molecule has 0 aliphatic heterocycles. The van der Waals surface area contributed by atoms with Gasteiger partial charge in [-0.05, 0) is 42.3 Å². The van der Waals surface area contributed by atoms with Gasteiger partial charge in [-0.2, -0.15) is 0 Å². The quantitative estimate of drug-likeness (QED) is 0.524. The Morgan fingerprint density at radius 2 is 1.19 bits per heavy atom. The Balaban J connectivity index is 2.00. The smallest absolute Gasteiger partial charge is 0.205 e. The van der Waals surface area contributed by atoms with Crippen LogP contribution in [0.5, 0.6) is 0 Å². The highest BCUT2D eigenvalue weighted by Gasteiger charge is 2.30. The SMILES string of the molecule is CC(C)[C@@H](C#Cc1ccccc1)NP(=O)(c1ccccc1)c1ccccc1. The summed E-state index contributed by atoms with van der Waals surface area (Å²) in [6.07, 6.45) is 0. The van der Waals surface area contributed by atoms with Gasteiger partial charge in [0.1, 0.15) is 0 Å². The fourth-order valence-electron chi connectivity index (χ4n) is 2.80. The molecule has 3 rings (SSSR count). The molecule has 2 nitrogen and oxygen atoms in total. The van der Waals surface area contributed by atoms with E-state index in [2.05, 4.69) is 30.8 Å². The van der Waals surface area contributed by atoms with Crippen LogP contribution in [-0.2, 0) is 4.57 Å². The molecule has 0 aliphatic rings. The van der Waals surface area contributed by atoms with Crippen LogP contribution in [0, 0.1) is 17.8 Å². The van der Waals surface area contributed by atoms with E-state index in [-0.39, 0.29) is 12.0 Å². The second-order valence-corrected chi connectivity index (χ2v) is 9.28. The van der Waals surface area contributed by atoms with Gasteiger partial charge < -0.3 is 0 Å². The van der Waals surface area contributed by atoms with Crippen LogP contribution in [0.3, 0.4) is 0 Å². The predicted octanol–water partition coefficient (Wildman–Crippen LogP) is 4.58. The van der Waals surface area contributed by atoms with E-state index in [9.17, 15) is 4.57 Å². The summed E-state index contributed by atoms with van der Waals surface area (Å²) in [5.41, 5.74) is 0.958. The maximum absolute atomic E-state index is 14.2. The molecule has 0 spiro atoms. The number of rotatable bonds is 5. The third-order valence-corrected chi connectivity index (χ3v) is 7.07. The Kier molecular flexibility index (Phi) is 6.30. The first-order chi connectivity index (χ1) is 13.1. The van der Waals surface area contributed by atoms with E-state index >= 15 is 0 Å². The summed E-state index contributed by atoms with van der Waals surface area (Å²) in [4.78, 5) is 0. The van der Waals surface area contributed by atoms with Crippen LogP contribution >= 0.6 is 7.29 Å². The second-order valence-electron chi connectivity index (χ2n) is 6.77. The molecule has 3 heteroatoms. The molecule has 0 amide bonds. The van der Waals surface area contributed by atoms with Crippen molar-refractivity contribution in [1.29, 1.82) is 0 Å². The van der Waals surface area contributed by atoms with Crippen LogP contribution in [0.25, 0.3) is 0 Å². The number of nitrogens with one attached hydrogen (secondary N) is 1. The van der Waals surface area contributed by atoms with Crippen molar-refractivity contribution < 1.29 is 4.57 Å². The van der Waals surface area contributed by atoms with Crippen molar-refractivity contribution in [3.8, 4) is 11.8 Å². The molecule has 27 heavy (non-hydrogen) atoms. The number of benzene rings is 3. The molecular weight excluding hydrogens is 349 g/mol. The maximum atomic E-state index is 14.2. The number of hydrogen-bond acceptors (Lipinski definition) is 1. The minimum Gasteiger partial charge on any atom is -0.296 e. The van der Waals surface area contributed by atoms with Crippen LogP contribution in [0.1, 0.15) is 19.4 Å². The normalized spacial score (nSPS) is 12.3. The maximum Gasteiger partial charge on any atom is 0.205 e. The van der Waals surface area contributed by atoms with E-state index in [1.54, 1.807) is 0 Å². The van der Waals surface area contributed by atoms with Gasteiger partial charge in [0.2, 0.25) is 7.29 Å². The molecule has 0 radical (unpaired) electrons. The van der Waals surface area contributed by atoms with E-state index in [0.29, 0.717) is 0 Å². The van der Waals surface area contributed by atoms with Crippen LogP contribution in [0.4, 0.5) is 0 Å². The summed E-state index contributed by atoms with van der Waals surface area (Å²) >= 11 is 0. The molecule has 1 atom stereocenters. The average molecular weight is 373 g/mol. The fourth-order valence-corrected chi connectivity index (χ4v) is 5.34. The molecule has 136 valence electrons. The molecular formula is C24H24NOP. The van der Waals surface area contributed by atoms with Crippen LogP contribution in [0.15, 0.2) is 91.0 Å². The Bertz CT molecular complexity index is 913. The topological polar surface area (TPSA) is 29.1 Å². The Hall–Kier alpha value is -2.59. The zero-order chi connectivity index (χ0) is 19.1. The standard InChI is InChI=1S/C24H24NOP/c1-20(2)24(19-18-21-12-6-3-7-13-21)25-27(26,22-14-8-4-9-15-22)23-16-10-5-11-17-23/h3-17,20,24H,1-2H3,(H,25,26)/t24-/m1/s1. The molecule has 0 bridgehead atoms. The second kappa shape index (κ2) is 8.87. The number of hydrogen-bond donors (Lipinski definition) is 1. The van der Waals surface area contributed by atoms with E-state index in [1.165, 1.54) is 0 Å².